The lowest BCUT2D eigenvalue weighted by atomic mass is 10.2. The summed E-state index contributed by atoms with van der Waals surface area (Å²) in [6, 6.07) is 13.9. The summed E-state index contributed by atoms with van der Waals surface area (Å²) in [6.45, 7) is 2.13. The van der Waals surface area contributed by atoms with Crippen molar-refractivity contribution in [1.29, 1.82) is 0 Å². The van der Waals surface area contributed by atoms with Gasteiger partial charge in [-0.2, -0.15) is 0 Å². The molecule has 0 unspecified atom stereocenters. The van der Waals surface area contributed by atoms with E-state index in [1.54, 1.807) is 18.2 Å². The zero-order chi connectivity index (χ0) is 14.4. The topological polar surface area (TPSA) is 38.5 Å². The van der Waals surface area contributed by atoms with Gasteiger partial charge in [0.25, 0.3) is 0 Å². The van der Waals surface area contributed by atoms with Crippen LogP contribution in [0.1, 0.15) is 5.56 Å². The molecule has 0 atom stereocenters. The summed E-state index contributed by atoms with van der Waals surface area (Å²) in [5.41, 5.74) is 7.46. The molecule has 0 aliphatic heterocycles. The Hall–Kier alpha value is -2.07. The van der Waals surface area contributed by atoms with E-state index in [0.29, 0.717) is 12.3 Å². The van der Waals surface area contributed by atoms with Gasteiger partial charge in [0.2, 0.25) is 0 Å². The Balaban J connectivity index is 1.75. The Kier molecular flexibility index (Phi) is 4.96. The Morgan fingerprint density at radius 3 is 2.60 bits per heavy atom. The van der Waals surface area contributed by atoms with Crippen molar-refractivity contribution >= 4 is 5.69 Å². The van der Waals surface area contributed by atoms with E-state index < -0.39 is 0 Å². The first-order valence-corrected chi connectivity index (χ1v) is 6.55. The van der Waals surface area contributed by atoms with Gasteiger partial charge in [-0.15, -0.1) is 0 Å². The first-order chi connectivity index (χ1) is 9.63. The smallest absolute Gasteiger partial charge is 0.123 e. The zero-order valence-electron chi connectivity index (χ0n) is 11.6. The number of nitrogen functional groups attached to an aromatic ring is 1. The maximum atomic E-state index is 12.8. The summed E-state index contributed by atoms with van der Waals surface area (Å²) in [5, 5.41) is 0. The van der Waals surface area contributed by atoms with Crippen molar-refractivity contribution in [3.63, 3.8) is 0 Å². The van der Waals surface area contributed by atoms with Crippen LogP contribution in [0.3, 0.4) is 0 Å². The van der Waals surface area contributed by atoms with Crippen molar-refractivity contribution in [2.24, 2.45) is 0 Å². The van der Waals surface area contributed by atoms with Gasteiger partial charge in [-0.05, 0) is 36.9 Å². The molecular weight excluding hydrogens is 255 g/mol. The van der Waals surface area contributed by atoms with Crippen LogP contribution in [0.4, 0.5) is 10.1 Å². The van der Waals surface area contributed by atoms with E-state index >= 15 is 0 Å². The molecule has 0 heterocycles. The Morgan fingerprint density at radius 2 is 1.90 bits per heavy atom. The molecule has 4 heteroatoms. The van der Waals surface area contributed by atoms with Crippen LogP contribution in [0.5, 0.6) is 5.75 Å². The van der Waals surface area contributed by atoms with Gasteiger partial charge in [0, 0.05) is 24.8 Å². The van der Waals surface area contributed by atoms with E-state index in [4.69, 9.17) is 10.5 Å². The quantitative estimate of drug-likeness (QED) is 0.823. The zero-order valence-corrected chi connectivity index (χ0v) is 11.6. The number of ether oxygens (including phenoxy) is 1. The molecular formula is C16H19FN2O. The minimum absolute atomic E-state index is 0.207. The molecule has 2 aromatic rings. The number of halogens is 1. The highest BCUT2D eigenvalue weighted by molar-refractivity contribution is 5.43. The second kappa shape index (κ2) is 6.91. The number of likely N-dealkylation sites (N-methyl/N-ethyl adjacent to an activating group) is 1. The van der Waals surface area contributed by atoms with Gasteiger partial charge in [-0.1, -0.05) is 18.2 Å². The highest BCUT2D eigenvalue weighted by Gasteiger charge is 2.01. The number of nitrogens with two attached hydrogens (primary N) is 1. The van der Waals surface area contributed by atoms with E-state index in [2.05, 4.69) is 4.90 Å². The van der Waals surface area contributed by atoms with Gasteiger partial charge in [0.1, 0.15) is 18.2 Å². The van der Waals surface area contributed by atoms with Gasteiger partial charge < -0.3 is 10.5 Å². The normalized spacial score (nSPS) is 10.8. The molecule has 2 aromatic carbocycles. The summed E-state index contributed by atoms with van der Waals surface area (Å²) < 4.78 is 18.4. The van der Waals surface area contributed by atoms with Crippen LogP contribution in [0, 0.1) is 5.82 Å². The van der Waals surface area contributed by atoms with Gasteiger partial charge in [0.05, 0.1) is 0 Å². The van der Waals surface area contributed by atoms with E-state index in [9.17, 15) is 4.39 Å². The molecule has 2 N–H and O–H groups in total. The van der Waals surface area contributed by atoms with Gasteiger partial charge >= 0.3 is 0 Å². The molecule has 20 heavy (non-hydrogen) atoms. The number of hydrogen-bond acceptors (Lipinski definition) is 3. The molecule has 3 nitrogen and oxygen atoms in total. The number of rotatable bonds is 6. The predicted octanol–water partition coefficient (Wildman–Crippen LogP) is 2.92. The second-order valence-electron chi connectivity index (χ2n) is 4.79. The van der Waals surface area contributed by atoms with E-state index in [1.807, 2.05) is 25.2 Å². The molecule has 0 aromatic heterocycles. The minimum Gasteiger partial charge on any atom is -0.492 e. The fraction of sp³-hybridized carbons (Fsp3) is 0.250. The van der Waals surface area contributed by atoms with Crippen molar-refractivity contribution in [2.45, 2.75) is 6.54 Å². The van der Waals surface area contributed by atoms with Gasteiger partial charge in [0.15, 0.2) is 0 Å². The Bertz CT molecular complexity index is 542. The molecule has 0 bridgehead atoms. The number of hydrogen-bond donors (Lipinski definition) is 1. The number of benzene rings is 2. The third-order valence-corrected chi connectivity index (χ3v) is 2.97. The van der Waals surface area contributed by atoms with Crippen molar-refractivity contribution in [1.82, 2.24) is 4.90 Å². The molecule has 0 saturated heterocycles. The van der Waals surface area contributed by atoms with Crippen LogP contribution in [-0.2, 0) is 6.54 Å². The van der Waals surface area contributed by atoms with Crippen molar-refractivity contribution in [3.8, 4) is 5.75 Å². The maximum absolute atomic E-state index is 12.8. The minimum atomic E-state index is -0.207. The average Bonchev–Trinajstić information content (AvgIpc) is 2.41. The van der Waals surface area contributed by atoms with E-state index in [0.717, 1.165) is 24.4 Å². The average molecular weight is 274 g/mol. The highest BCUT2D eigenvalue weighted by Crippen LogP contribution is 2.14. The van der Waals surface area contributed by atoms with E-state index in [-0.39, 0.29) is 5.82 Å². The van der Waals surface area contributed by atoms with Crippen LogP contribution in [0.25, 0.3) is 0 Å². The lowest BCUT2D eigenvalue weighted by Crippen LogP contribution is -2.23. The monoisotopic (exact) mass is 274 g/mol. The lowest BCUT2D eigenvalue weighted by Gasteiger charge is -2.17. The molecule has 0 fully saturated rings. The predicted molar refractivity (Wildman–Crippen MR) is 79.1 cm³/mol. The molecule has 0 radical (unpaired) electrons. The van der Waals surface area contributed by atoms with Crippen LogP contribution in [0.15, 0.2) is 48.5 Å². The van der Waals surface area contributed by atoms with Crippen molar-refractivity contribution in [2.75, 3.05) is 25.9 Å². The fourth-order valence-electron chi connectivity index (χ4n) is 1.90. The van der Waals surface area contributed by atoms with Crippen LogP contribution in [-0.4, -0.2) is 25.1 Å². The van der Waals surface area contributed by atoms with Crippen LogP contribution >= 0.6 is 0 Å². The van der Waals surface area contributed by atoms with Gasteiger partial charge in [-0.3, -0.25) is 4.90 Å². The van der Waals surface area contributed by atoms with Crippen LogP contribution < -0.4 is 10.5 Å². The molecule has 106 valence electrons. The lowest BCUT2D eigenvalue weighted by molar-refractivity contribution is 0.233. The number of nitrogens with zero attached hydrogens (tertiary/aromatic N) is 1. The molecule has 0 aliphatic rings. The summed E-state index contributed by atoms with van der Waals surface area (Å²) in [4.78, 5) is 2.12. The molecule has 0 aliphatic carbocycles. The Labute approximate surface area is 118 Å². The molecule has 0 saturated carbocycles. The summed E-state index contributed by atoms with van der Waals surface area (Å²) in [6.07, 6.45) is 0. The third kappa shape index (κ3) is 4.55. The second-order valence-corrected chi connectivity index (χ2v) is 4.79. The highest BCUT2D eigenvalue weighted by atomic mass is 19.1. The number of anilines is 1. The maximum Gasteiger partial charge on any atom is 0.123 e. The molecule has 0 spiro atoms. The standard InChI is InChI=1S/C16H19FN2O/c1-19(12-13-5-7-14(17)8-6-13)9-10-20-16-4-2-3-15(18)11-16/h2-8,11H,9-10,12,18H2,1H3. The molecule has 2 rings (SSSR count). The summed E-state index contributed by atoms with van der Waals surface area (Å²) >= 11 is 0. The summed E-state index contributed by atoms with van der Waals surface area (Å²) in [7, 11) is 2.01. The van der Waals surface area contributed by atoms with Crippen molar-refractivity contribution < 1.29 is 9.13 Å². The SMILES string of the molecule is CN(CCOc1cccc(N)c1)Cc1ccc(F)cc1. The third-order valence-electron chi connectivity index (χ3n) is 2.97. The fourth-order valence-corrected chi connectivity index (χ4v) is 1.90. The Morgan fingerprint density at radius 1 is 1.15 bits per heavy atom. The first-order valence-electron chi connectivity index (χ1n) is 6.55. The first kappa shape index (κ1) is 14.3. The van der Waals surface area contributed by atoms with Crippen molar-refractivity contribution in [3.05, 3.63) is 59.9 Å². The van der Waals surface area contributed by atoms with Crippen LogP contribution in [0.2, 0.25) is 0 Å². The van der Waals surface area contributed by atoms with E-state index in [1.165, 1.54) is 12.1 Å². The summed E-state index contributed by atoms with van der Waals surface area (Å²) in [5.74, 6) is 0.571. The van der Waals surface area contributed by atoms with Gasteiger partial charge in [-0.25, -0.2) is 4.39 Å². The largest absolute Gasteiger partial charge is 0.492 e. The molecule has 0 amide bonds.